The third kappa shape index (κ3) is 4.04. The summed E-state index contributed by atoms with van der Waals surface area (Å²) < 4.78 is 5.77. The molecule has 0 atom stereocenters. The SMILES string of the molecule is CCNCc1csc(COc2ccc(C)c(C)c2)n1. The van der Waals surface area contributed by atoms with Gasteiger partial charge in [0.05, 0.1) is 5.69 Å². The molecule has 0 aliphatic carbocycles. The molecule has 0 bridgehead atoms. The van der Waals surface area contributed by atoms with Gasteiger partial charge in [0.1, 0.15) is 17.4 Å². The fraction of sp³-hybridized carbons (Fsp3) is 0.400. The van der Waals surface area contributed by atoms with Crippen LogP contribution >= 0.6 is 11.3 Å². The van der Waals surface area contributed by atoms with Gasteiger partial charge >= 0.3 is 0 Å². The number of aryl methyl sites for hydroxylation is 2. The number of nitrogens with one attached hydrogen (secondary N) is 1. The maximum atomic E-state index is 5.77. The molecular formula is C15H20N2OS. The van der Waals surface area contributed by atoms with E-state index in [9.17, 15) is 0 Å². The van der Waals surface area contributed by atoms with Crippen LogP contribution in [0.25, 0.3) is 0 Å². The van der Waals surface area contributed by atoms with Crippen molar-refractivity contribution in [3.63, 3.8) is 0 Å². The molecular weight excluding hydrogens is 256 g/mol. The lowest BCUT2D eigenvalue weighted by Gasteiger charge is -2.06. The highest BCUT2D eigenvalue weighted by Crippen LogP contribution is 2.18. The summed E-state index contributed by atoms with van der Waals surface area (Å²) in [6, 6.07) is 6.17. The van der Waals surface area contributed by atoms with E-state index in [1.165, 1.54) is 11.1 Å². The molecule has 1 heterocycles. The standard InChI is InChI=1S/C15H20N2OS/c1-4-16-8-13-10-19-15(17-13)9-18-14-6-5-11(2)12(3)7-14/h5-7,10,16H,4,8-9H2,1-3H3. The Balaban J connectivity index is 1.91. The maximum Gasteiger partial charge on any atom is 0.140 e. The Hall–Kier alpha value is -1.39. The highest BCUT2D eigenvalue weighted by molar-refractivity contribution is 7.09. The van der Waals surface area contributed by atoms with Gasteiger partial charge in [0.2, 0.25) is 0 Å². The molecule has 0 unspecified atom stereocenters. The largest absolute Gasteiger partial charge is 0.486 e. The average Bonchev–Trinajstić information content (AvgIpc) is 2.86. The first-order chi connectivity index (χ1) is 9.19. The van der Waals surface area contributed by atoms with Gasteiger partial charge in [-0.05, 0) is 43.7 Å². The third-order valence-electron chi connectivity index (χ3n) is 3.00. The van der Waals surface area contributed by atoms with E-state index in [0.717, 1.165) is 29.5 Å². The van der Waals surface area contributed by atoms with Crippen LogP contribution in [0.4, 0.5) is 0 Å². The quantitative estimate of drug-likeness (QED) is 0.877. The second kappa shape index (κ2) is 6.68. The molecule has 1 N–H and O–H groups in total. The average molecular weight is 276 g/mol. The van der Waals surface area contributed by atoms with Gasteiger partial charge in [0.15, 0.2) is 0 Å². The van der Waals surface area contributed by atoms with Gasteiger partial charge in [-0.1, -0.05) is 13.0 Å². The lowest BCUT2D eigenvalue weighted by molar-refractivity contribution is 0.305. The van der Waals surface area contributed by atoms with Crippen molar-refractivity contribution < 1.29 is 4.74 Å². The highest BCUT2D eigenvalue weighted by Gasteiger charge is 2.03. The number of thiazole rings is 1. The monoisotopic (exact) mass is 276 g/mol. The number of rotatable bonds is 6. The molecule has 0 aliphatic heterocycles. The minimum atomic E-state index is 0.541. The molecule has 3 nitrogen and oxygen atoms in total. The number of ether oxygens (including phenoxy) is 1. The fourth-order valence-electron chi connectivity index (χ4n) is 1.70. The number of hydrogen-bond acceptors (Lipinski definition) is 4. The second-order valence-corrected chi connectivity index (χ2v) is 5.49. The predicted octanol–water partition coefficient (Wildman–Crippen LogP) is 3.45. The molecule has 4 heteroatoms. The summed E-state index contributed by atoms with van der Waals surface area (Å²) in [7, 11) is 0. The maximum absolute atomic E-state index is 5.77. The van der Waals surface area contributed by atoms with Crippen LogP contribution in [0.1, 0.15) is 28.8 Å². The molecule has 0 aliphatic rings. The second-order valence-electron chi connectivity index (χ2n) is 4.55. The Morgan fingerprint density at radius 2 is 2.11 bits per heavy atom. The summed E-state index contributed by atoms with van der Waals surface area (Å²) in [4.78, 5) is 4.53. The van der Waals surface area contributed by atoms with E-state index >= 15 is 0 Å². The lowest BCUT2D eigenvalue weighted by Crippen LogP contribution is -2.12. The van der Waals surface area contributed by atoms with Crippen LogP contribution in [0.5, 0.6) is 5.75 Å². The van der Waals surface area contributed by atoms with Crippen LogP contribution in [-0.2, 0) is 13.2 Å². The number of nitrogens with zero attached hydrogens (tertiary/aromatic N) is 1. The van der Waals surface area contributed by atoms with Crippen LogP contribution < -0.4 is 10.1 Å². The molecule has 0 saturated carbocycles. The highest BCUT2D eigenvalue weighted by atomic mass is 32.1. The number of hydrogen-bond donors (Lipinski definition) is 1. The summed E-state index contributed by atoms with van der Waals surface area (Å²) in [5.74, 6) is 0.909. The molecule has 102 valence electrons. The fourth-order valence-corrected chi connectivity index (χ4v) is 2.40. The van der Waals surface area contributed by atoms with E-state index in [1.54, 1.807) is 11.3 Å². The van der Waals surface area contributed by atoms with Crippen LogP contribution in [0.15, 0.2) is 23.6 Å². The summed E-state index contributed by atoms with van der Waals surface area (Å²) in [5.41, 5.74) is 3.63. The minimum Gasteiger partial charge on any atom is -0.486 e. The van der Waals surface area contributed by atoms with Crippen molar-refractivity contribution in [3.05, 3.63) is 45.4 Å². The molecule has 1 aromatic carbocycles. The third-order valence-corrected chi connectivity index (χ3v) is 3.87. The van der Waals surface area contributed by atoms with Crippen molar-refractivity contribution >= 4 is 11.3 Å². The summed E-state index contributed by atoms with van der Waals surface area (Å²) in [6.07, 6.45) is 0. The molecule has 0 amide bonds. The summed E-state index contributed by atoms with van der Waals surface area (Å²) in [5, 5.41) is 6.37. The normalized spacial score (nSPS) is 10.7. The smallest absolute Gasteiger partial charge is 0.140 e. The van der Waals surface area contributed by atoms with Gasteiger partial charge in [-0.3, -0.25) is 0 Å². The molecule has 0 fully saturated rings. The van der Waals surface area contributed by atoms with E-state index in [4.69, 9.17) is 4.74 Å². The van der Waals surface area contributed by atoms with E-state index in [1.807, 2.05) is 6.07 Å². The Kier molecular flexibility index (Phi) is 4.93. The van der Waals surface area contributed by atoms with Gasteiger partial charge in [-0.15, -0.1) is 11.3 Å². The zero-order chi connectivity index (χ0) is 13.7. The Morgan fingerprint density at radius 1 is 1.26 bits per heavy atom. The minimum absolute atomic E-state index is 0.541. The van der Waals surface area contributed by atoms with Gasteiger partial charge in [0.25, 0.3) is 0 Å². The van der Waals surface area contributed by atoms with Crippen molar-refractivity contribution in [3.8, 4) is 5.75 Å². The molecule has 2 aromatic rings. The van der Waals surface area contributed by atoms with Gasteiger partial charge in [-0.2, -0.15) is 0 Å². The molecule has 0 spiro atoms. The van der Waals surface area contributed by atoms with Gasteiger partial charge < -0.3 is 10.1 Å². The van der Waals surface area contributed by atoms with Crippen molar-refractivity contribution in [1.29, 1.82) is 0 Å². The van der Waals surface area contributed by atoms with E-state index in [2.05, 4.69) is 48.6 Å². The topological polar surface area (TPSA) is 34.1 Å². The Morgan fingerprint density at radius 3 is 2.84 bits per heavy atom. The number of aromatic nitrogens is 1. The first-order valence-corrected chi connectivity index (χ1v) is 7.41. The van der Waals surface area contributed by atoms with Gasteiger partial charge in [0, 0.05) is 11.9 Å². The van der Waals surface area contributed by atoms with Gasteiger partial charge in [-0.25, -0.2) is 4.98 Å². The van der Waals surface area contributed by atoms with Crippen LogP contribution in [0.3, 0.4) is 0 Å². The molecule has 0 saturated heterocycles. The predicted molar refractivity (Wildman–Crippen MR) is 79.7 cm³/mol. The van der Waals surface area contributed by atoms with Crippen LogP contribution in [0.2, 0.25) is 0 Å². The lowest BCUT2D eigenvalue weighted by atomic mass is 10.1. The first kappa shape index (κ1) is 14.0. The van der Waals surface area contributed by atoms with Crippen molar-refractivity contribution in [2.45, 2.75) is 33.9 Å². The van der Waals surface area contributed by atoms with Crippen LogP contribution in [0, 0.1) is 13.8 Å². The zero-order valence-electron chi connectivity index (χ0n) is 11.7. The Labute approximate surface area is 118 Å². The molecule has 19 heavy (non-hydrogen) atoms. The van der Waals surface area contributed by atoms with Crippen molar-refractivity contribution in [1.82, 2.24) is 10.3 Å². The molecule has 1 aromatic heterocycles. The van der Waals surface area contributed by atoms with E-state index in [0.29, 0.717) is 6.61 Å². The molecule has 0 radical (unpaired) electrons. The van der Waals surface area contributed by atoms with Crippen molar-refractivity contribution in [2.75, 3.05) is 6.54 Å². The number of benzene rings is 1. The van der Waals surface area contributed by atoms with Crippen LogP contribution in [-0.4, -0.2) is 11.5 Å². The molecule has 2 rings (SSSR count). The first-order valence-electron chi connectivity index (χ1n) is 6.53. The Bertz CT molecular complexity index is 537. The van der Waals surface area contributed by atoms with Crippen molar-refractivity contribution in [2.24, 2.45) is 0 Å². The summed E-state index contributed by atoms with van der Waals surface area (Å²) in [6.45, 7) is 8.63. The summed E-state index contributed by atoms with van der Waals surface area (Å²) >= 11 is 1.65. The van der Waals surface area contributed by atoms with E-state index < -0.39 is 0 Å². The van der Waals surface area contributed by atoms with E-state index in [-0.39, 0.29) is 0 Å². The zero-order valence-corrected chi connectivity index (χ0v) is 12.5.